The molecule has 1 N–H and O–H groups in total. The van der Waals surface area contributed by atoms with Gasteiger partial charge in [0.15, 0.2) is 0 Å². The molecule has 1 aliphatic heterocycles. The van der Waals surface area contributed by atoms with Gasteiger partial charge >= 0.3 is 0 Å². The zero-order chi connectivity index (χ0) is 26.4. The maximum absolute atomic E-state index is 13.6. The molecule has 1 heterocycles. The van der Waals surface area contributed by atoms with E-state index in [1.807, 2.05) is 39.0 Å². The molecule has 4 rings (SSSR count). The fourth-order valence-electron chi connectivity index (χ4n) is 4.49. The van der Waals surface area contributed by atoms with Gasteiger partial charge in [-0.3, -0.25) is 14.0 Å². The van der Waals surface area contributed by atoms with E-state index in [1.54, 1.807) is 36.4 Å². The highest BCUT2D eigenvalue weighted by molar-refractivity contribution is 7.92. The third-order valence-corrected chi connectivity index (χ3v) is 8.17. The summed E-state index contributed by atoms with van der Waals surface area (Å²) in [7, 11) is -3.95. The zero-order valence-electron chi connectivity index (χ0n) is 21.7. The topological polar surface area (TPSA) is 79.0 Å². The summed E-state index contributed by atoms with van der Waals surface area (Å²) in [5, 5.41) is 2.91. The van der Waals surface area contributed by atoms with Crippen LogP contribution >= 0.6 is 0 Å². The van der Waals surface area contributed by atoms with E-state index in [1.165, 1.54) is 9.87 Å². The van der Waals surface area contributed by atoms with Crippen molar-refractivity contribution in [2.75, 3.05) is 37.2 Å². The number of ether oxygens (including phenoxy) is 1. The first-order valence-corrected chi connectivity index (χ1v) is 14.0. The van der Waals surface area contributed by atoms with Crippen LogP contribution in [0, 0.1) is 20.8 Å². The van der Waals surface area contributed by atoms with Crippen LogP contribution in [0.15, 0.2) is 71.6 Å². The van der Waals surface area contributed by atoms with Crippen molar-refractivity contribution in [3.63, 3.8) is 0 Å². The predicted molar refractivity (Wildman–Crippen MR) is 146 cm³/mol. The van der Waals surface area contributed by atoms with Crippen LogP contribution < -0.4 is 9.62 Å². The fraction of sp³-hybridized carbons (Fsp3) is 0.345. The molecule has 1 amide bonds. The van der Waals surface area contributed by atoms with Gasteiger partial charge in [0.25, 0.3) is 10.0 Å². The van der Waals surface area contributed by atoms with Crippen molar-refractivity contribution in [2.45, 2.75) is 38.8 Å². The average Bonchev–Trinajstić information content (AvgIpc) is 2.86. The number of anilines is 1. The number of benzene rings is 3. The number of nitrogens with one attached hydrogen (secondary N) is 1. The van der Waals surface area contributed by atoms with E-state index in [2.05, 4.69) is 22.3 Å². The number of hydrogen-bond acceptors (Lipinski definition) is 5. The Balaban J connectivity index is 1.49. The van der Waals surface area contributed by atoms with Gasteiger partial charge in [0, 0.05) is 26.2 Å². The van der Waals surface area contributed by atoms with Gasteiger partial charge in [-0.25, -0.2) is 8.42 Å². The summed E-state index contributed by atoms with van der Waals surface area (Å²) >= 11 is 0. The smallest absolute Gasteiger partial charge is 0.264 e. The van der Waals surface area contributed by atoms with Crippen molar-refractivity contribution in [3.8, 4) is 0 Å². The molecule has 0 spiro atoms. The van der Waals surface area contributed by atoms with Crippen LogP contribution in [0.4, 0.5) is 5.69 Å². The molecule has 1 fully saturated rings. The SMILES string of the molecule is Cc1ccc(S(=O)(=O)N(CC(=O)NCc2cccc(CN3CCOCC3)c2)c2cc(C)cc(C)c2)cc1. The van der Waals surface area contributed by atoms with E-state index in [-0.39, 0.29) is 17.3 Å². The van der Waals surface area contributed by atoms with Crippen molar-refractivity contribution in [2.24, 2.45) is 0 Å². The van der Waals surface area contributed by atoms with Crippen LogP contribution in [0.25, 0.3) is 0 Å². The Bertz CT molecular complexity index is 1310. The molecule has 8 heteroatoms. The van der Waals surface area contributed by atoms with E-state index in [0.717, 1.165) is 55.1 Å². The first-order chi connectivity index (χ1) is 17.7. The van der Waals surface area contributed by atoms with Crippen molar-refractivity contribution in [1.82, 2.24) is 10.2 Å². The third-order valence-electron chi connectivity index (χ3n) is 6.38. The molecule has 0 radical (unpaired) electrons. The van der Waals surface area contributed by atoms with Gasteiger partial charge in [-0.2, -0.15) is 0 Å². The second-order valence-electron chi connectivity index (χ2n) is 9.66. The summed E-state index contributed by atoms with van der Waals surface area (Å²) < 4.78 is 33.9. The normalized spacial score (nSPS) is 14.4. The van der Waals surface area contributed by atoms with Crippen molar-refractivity contribution in [1.29, 1.82) is 0 Å². The van der Waals surface area contributed by atoms with Crippen molar-refractivity contribution in [3.05, 3.63) is 94.5 Å². The number of rotatable bonds is 9. The highest BCUT2D eigenvalue weighted by Gasteiger charge is 2.27. The van der Waals surface area contributed by atoms with Gasteiger partial charge < -0.3 is 10.1 Å². The molecule has 1 saturated heterocycles. The number of sulfonamides is 1. The monoisotopic (exact) mass is 521 g/mol. The molecular formula is C29H35N3O4S. The van der Waals surface area contributed by atoms with E-state index in [9.17, 15) is 13.2 Å². The minimum atomic E-state index is -3.95. The zero-order valence-corrected chi connectivity index (χ0v) is 22.6. The van der Waals surface area contributed by atoms with Crippen molar-refractivity contribution < 1.29 is 17.9 Å². The maximum Gasteiger partial charge on any atom is 0.264 e. The Hall–Kier alpha value is -3.20. The second-order valence-corrected chi connectivity index (χ2v) is 11.5. The summed E-state index contributed by atoms with van der Waals surface area (Å²) in [6.07, 6.45) is 0. The second kappa shape index (κ2) is 11.9. The first-order valence-electron chi connectivity index (χ1n) is 12.5. The lowest BCUT2D eigenvalue weighted by molar-refractivity contribution is -0.119. The Labute approximate surface area is 220 Å². The molecule has 37 heavy (non-hydrogen) atoms. The highest BCUT2D eigenvalue weighted by atomic mass is 32.2. The van der Waals surface area contributed by atoms with Crippen LogP contribution in [-0.4, -0.2) is 52.1 Å². The van der Waals surface area contributed by atoms with Gasteiger partial charge in [0.2, 0.25) is 5.91 Å². The maximum atomic E-state index is 13.6. The third kappa shape index (κ3) is 7.19. The minimum Gasteiger partial charge on any atom is -0.379 e. The molecule has 0 saturated carbocycles. The quantitative estimate of drug-likeness (QED) is 0.461. The largest absolute Gasteiger partial charge is 0.379 e. The fourth-order valence-corrected chi connectivity index (χ4v) is 5.89. The van der Waals surface area contributed by atoms with Crippen LogP contribution in [0.5, 0.6) is 0 Å². The molecule has 3 aromatic carbocycles. The molecule has 7 nitrogen and oxygen atoms in total. The molecule has 196 valence electrons. The molecular weight excluding hydrogens is 486 g/mol. The van der Waals surface area contributed by atoms with Crippen LogP contribution in [0.2, 0.25) is 0 Å². The summed E-state index contributed by atoms with van der Waals surface area (Å²) in [4.78, 5) is 15.6. The van der Waals surface area contributed by atoms with Gasteiger partial charge in [-0.1, -0.05) is 48.0 Å². The van der Waals surface area contributed by atoms with E-state index in [4.69, 9.17) is 4.74 Å². The van der Waals surface area contributed by atoms with E-state index < -0.39 is 10.0 Å². The van der Waals surface area contributed by atoms with Gasteiger partial charge in [-0.05, 0) is 67.3 Å². The number of carbonyl (C=O) groups is 1. The summed E-state index contributed by atoms with van der Waals surface area (Å²) in [5.74, 6) is -0.367. The summed E-state index contributed by atoms with van der Waals surface area (Å²) in [6.45, 7) is 9.88. The Morgan fingerprint density at radius 1 is 0.892 bits per heavy atom. The van der Waals surface area contributed by atoms with Gasteiger partial charge in [-0.15, -0.1) is 0 Å². The van der Waals surface area contributed by atoms with Crippen molar-refractivity contribution >= 4 is 21.6 Å². The Morgan fingerprint density at radius 3 is 2.22 bits per heavy atom. The predicted octanol–water partition coefficient (Wildman–Crippen LogP) is 3.96. The lowest BCUT2D eigenvalue weighted by atomic mass is 10.1. The Kier molecular flexibility index (Phi) is 8.63. The summed E-state index contributed by atoms with van der Waals surface area (Å²) in [5.41, 5.74) is 5.44. The van der Waals surface area contributed by atoms with E-state index in [0.29, 0.717) is 12.2 Å². The summed E-state index contributed by atoms with van der Waals surface area (Å²) in [6, 6.07) is 20.4. The molecule has 0 unspecified atom stereocenters. The lowest BCUT2D eigenvalue weighted by Crippen LogP contribution is -2.40. The number of aryl methyl sites for hydroxylation is 3. The molecule has 0 aliphatic carbocycles. The number of hydrogen-bond donors (Lipinski definition) is 1. The van der Waals surface area contributed by atoms with Crippen LogP contribution in [0.3, 0.4) is 0 Å². The molecule has 0 atom stereocenters. The van der Waals surface area contributed by atoms with Gasteiger partial charge in [0.05, 0.1) is 23.8 Å². The van der Waals surface area contributed by atoms with Crippen LogP contribution in [-0.2, 0) is 32.6 Å². The molecule has 0 bridgehead atoms. The number of amides is 1. The molecule has 0 aromatic heterocycles. The first kappa shape index (κ1) is 26.9. The van der Waals surface area contributed by atoms with E-state index >= 15 is 0 Å². The molecule has 1 aliphatic rings. The number of nitrogens with zero attached hydrogens (tertiary/aromatic N) is 2. The lowest BCUT2D eigenvalue weighted by Gasteiger charge is -2.26. The number of carbonyl (C=O) groups excluding carboxylic acids is 1. The number of morpholine rings is 1. The van der Waals surface area contributed by atoms with Crippen LogP contribution in [0.1, 0.15) is 27.8 Å². The van der Waals surface area contributed by atoms with Gasteiger partial charge in [0.1, 0.15) is 6.54 Å². The molecule has 3 aromatic rings. The average molecular weight is 522 g/mol. The minimum absolute atomic E-state index is 0.154. The Morgan fingerprint density at radius 2 is 1.54 bits per heavy atom. The standard InChI is InChI=1S/C29H35N3O4S/c1-22-7-9-28(10-8-22)37(34,35)32(27-16-23(2)15-24(3)17-27)21-29(33)30-19-25-5-4-6-26(18-25)20-31-11-13-36-14-12-31/h4-10,15-18H,11-14,19-21H2,1-3H3,(H,30,33). The highest BCUT2D eigenvalue weighted by Crippen LogP contribution is 2.26.